The molecule has 1 heterocycles. The minimum atomic E-state index is 0.825. The van der Waals surface area contributed by atoms with E-state index in [0.29, 0.717) is 0 Å². The number of anilines is 2. The first-order chi connectivity index (χ1) is 11.9. The van der Waals surface area contributed by atoms with Gasteiger partial charge in [-0.2, -0.15) is 5.10 Å². The molecule has 0 bridgehead atoms. The fourth-order valence-corrected chi connectivity index (χ4v) is 2.72. The van der Waals surface area contributed by atoms with Crippen LogP contribution in [-0.2, 0) is 0 Å². The average molecular weight is 428 g/mol. The molecule has 3 aromatic rings. The predicted octanol–water partition coefficient (Wildman–Crippen LogP) is 4.75. The van der Waals surface area contributed by atoms with Crippen LogP contribution in [-0.4, -0.2) is 15.2 Å². The smallest absolute Gasteiger partial charge is 0.0977 e. The van der Waals surface area contributed by atoms with Crippen LogP contribution >= 0.6 is 22.6 Å². The first-order valence-corrected chi connectivity index (χ1v) is 9.09. The highest BCUT2D eigenvalue weighted by Gasteiger charge is 2.06. The van der Waals surface area contributed by atoms with Crippen molar-refractivity contribution in [3.8, 4) is 0 Å². The van der Waals surface area contributed by atoms with Gasteiger partial charge in [0.15, 0.2) is 0 Å². The molecular weight excluding hydrogens is 411 g/mol. The minimum absolute atomic E-state index is 0.825. The van der Waals surface area contributed by atoms with Crippen LogP contribution in [0.4, 0.5) is 11.4 Å². The average Bonchev–Trinajstić information content (AvgIpc) is 2.64. The standard InChI is InChI=1S/C19H17IN4/c20-14-22-17-11-18(13-21-12-17)23-24-19(15-7-3-1-4-8-15)16-9-5-2-6-10-16/h1-13,22-23H,14H2. The van der Waals surface area contributed by atoms with E-state index < -0.39 is 0 Å². The monoisotopic (exact) mass is 428 g/mol. The topological polar surface area (TPSA) is 49.3 Å². The van der Waals surface area contributed by atoms with Crippen molar-refractivity contribution in [2.24, 2.45) is 5.10 Å². The van der Waals surface area contributed by atoms with E-state index in [0.717, 1.165) is 32.8 Å². The number of hydrogen-bond donors (Lipinski definition) is 2. The highest BCUT2D eigenvalue weighted by Crippen LogP contribution is 2.15. The molecule has 0 aliphatic rings. The van der Waals surface area contributed by atoms with Gasteiger partial charge in [-0.3, -0.25) is 10.4 Å². The quantitative estimate of drug-likeness (QED) is 0.196. The number of benzene rings is 2. The van der Waals surface area contributed by atoms with E-state index in [1.54, 1.807) is 12.4 Å². The van der Waals surface area contributed by atoms with Crippen molar-refractivity contribution in [1.29, 1.82) is 0 Å². The van der Waals surface area contributed by atoms with Gasteiger partial charge < -0.3 is 5.32 Å². The van der Waals surface area contributed by atoms with Crippen LogP contribution in [0.5, 0.6) is 0 Å². The van der Waals surface area contributed by atoms with Crippen molar-refractivity contribution in [3.05, 3.63) is 90.3 Å². The zero-order valence-corrected chi connectivity index (χ0v) is 15.1. The summed E-state index contributed by atoms with van der Waals surface area (Å²) in [6, 6.07) is 22.3. The zero-order valence-electron chi connectivity index (χ0n) is 13.0. The molecule has 3 rings (SSSR count). The van der Waals surface area contributed by atoms with E-state index in [1.807, 2.05) is 42.5 Å². The molecule has 0 fully saturated rings. The van der Waals surface area contributed by atoms with Gasteiger partial charge in [-0.25, -0.2) is 0 Å². The van der Waals surface area contributed by atoms with E-state index in [9.17, 15) is 0 Å². The Morgan fingerprint density at radius 1 is 0.875 bits per heavy atom. The lowest BCUT2D eigenvalue weighted by molar-refractivity contribution is 1.25. The summed E-state index contributed by atoms with van der Waals surface area (Å²) in [6.07, 6.45) is 3.55. The molecule has 4 nitrogen and oxygen atoms in total. The van der Waals surface area contributed by atoms with E-state index >= 15 is 0 Å². The number of nitrogens with zero attached hydrogens (tertiary/aromatic N) is 2. The third kappa shape index (κ3) is 4.32. The first-order valence-electron chi connectivity index (χ1n) is 7.56. The molecule has 0 saturated carbocycles. The van der Waals surface area contributed by atoms with Gasteiger partial charge in [0.25, 0.3) is 0 Å². The zero-order chi connectivity index (χ0) is 16.6. The van der Waals surface area contributed by atoms with Crippen LogP contribution in [0.2, 0.25) is 0 Å². The molecule has 0 aliphatic carbocycles. The Hall–Kier alpha value is -2.41. The summed E-state index contributed by atoms with van der Waals surface area (Å²) in [5.74, 6) is 0. The number of hydrazone groups is 1. The summed E-state index contributed by atoms with van der Waals surface area (Å²) in [5, 5.41) is 7.87. The van der Waals surface area contributed by atoms with E-state index in [4.69, 9.17) is 0 Å². The van der Waals surface area contributed by atoms with Gasteiger partial charge in [-0.05, 0) is 6.07 Å². The highest BCUT2D eigenvalue weighted by atomic mass is 127. The summed E-state index contributed by atoms with van der Waals surface area (Å²) in [6.45, 7) is 0. The summed E-state index contributed by atoms with van der Waals surface area (Å²) in [5.41, 5.74) is 7.94. The van der Waals surface area contributed by atoms with Gasteiger partial charge >= 0.3 is 0 Å². The molecule has 2 N–H and O–H groups in total. The molecule has 1 aromatic heterocycles. The molecule has 2 aromatic carbocycles. The number of rotatable bonds is 6. The molecule has 0 radical (unpaired) electrons. The van der Waals surface area contributed by atoms with Gasteiger partial charge in [0.1, 0.15) is 0 Å². The SMILES string of the molecule is ICNc1cncc(NN=C(c2ccccc2)c2ccccc2)c1. The molecule has 0 aliphatic heterocycles. The number of alkyl halides is 1. The molecular formula is C19H17IN4. The van der Waals surface area contributed by atoms with Crippen LogP contribution < -0.4 is 10.7 Å². The van der Waals surface area contributed by atoms with Gasteiger partial charge in [-0.15, -0.1) is 0 Å². The van der Waals surface area contributed by atoms with Crippen molar-refractivity contribution in [3.63, 3.8) is 0 Å². The van der Waals surface area contributed by atoms with Gasteiger partial charge in [0.2, 0.25) is 0 Å². The number of nitrogens with one attached hydrogen (secondary N) is 2. The van der Waals surface area contributed by atoms with Crippen molar-refractivity contribution in [1.82, 2.24) is 4.98 Å². The lowest BCUT2D eigenvalue weighted by atomic mass is 10.0. The van der Waals surface area contributed by atoms with E-state index in [1.165, 1.54) is 0 Å². The lowest BCUT2D eigenvalue weighted by Gasteiger charge is -2.09. The second-order valence-electron chi connectivity index (χ2n) is 5.08. The highest BCUT2D eigenvalue weighted by molar-refractivity contribution is 14.1. The molecule has 0 unspecified atom stereocenters. The van der Waals surface area contributed by atoms with Crippen molar-refractivity contribution in [2.75, 3.05) is 15.3 Å². The summed E-state index contributed by atoms with van der Waals surface area (Å²) in [7, 11) is 0. The summed E-state index contributed by atoms with van der Waals surface area (Å²) < 4.78 is 0.825. The van der Waals surface area contributed by atoms with Crippen LogP contribution in [0.25, 0.3) is 0 Å². The molecule has 0 amide bonds. The molecule has 120 valence electrons. The largest absolute Gasteiger partial charge is 0.375 e. The maximum absolute atomic E-state index is 4.63. The summed E-state index contributed by atoms with van der Waals surface area (Å²) in [4.78, 5) is 4.23. The maximum atomic E-state index is 4.63. The third-order valence-corrected chi connectivity index (χ3v) is 3.78. The minimum Gasteiger partial charge on any atom is -0.375 e. The molecule has 0 atom stereocenters. The molecule has 0 saturated heterocycles. The first kappa shape index (κ1) is 16.4. The van der Waals surface area contributed by atoms with Crippen molar-refractivity contribution in [2.45, 2.75) is 0 Å². The lowest BCUT2D eigenvalue weighted by Crippen LogP contribution is -2.06. The number of halogens is 1. The number of pyridine rings is 1. The Morgan fingerprint density at radius 2 is 1.46 bits per heavy atom. The normalized spacial score (nSPS) is 10.0. The third-order valence-electron chi connectivity index (χ3n) is 3.40. The van der Waals surface area contributed by atoms with Crippen LogP contribution in [0, 0.1) is 0 Å². The van der Waals surface area contributed by atoms with Crippen molar-refractivity contribution < 1.29 is 0 Å². The molecule has 0 spiro atoms. The Labute approximate surface area is 155 Å². The Balaban J connectivity index is 1.91. The second kappa shape index (κ2) is 8.44. The maximum Gasteiger partial charge on any atom is 0.0977 e. The predicted molar refractivity (Wildman–Crippen MR) is 109 cm³/mol. The van der Waals surface area contributed by atoms with Crippen LogP contribution in [0.1, 0.15) is 11.1 Å². The van der Waals surface area contributed by atoms with Crippen LogP contribution in [0.3, 0.4) is 0 Å². The Morgan fingerprint density at radius 3 is 2.04 bits per heavy atom. The van der Waals surface area contributed by atoms with Crippen molar-refractivity contribution >= 4 is 39.7 Å². The van der Waals surface area contributed by atoms with Crippen LogP contribution in [0.15, 0.2) is 84.2 Å². The van der Waals surface area contributed by atoms with Gasteiger partial charge in [-0.1, -0.05) is 83.3 Å². The van der Waals surface area contributed by atoms with Gasteiger partial charge in [0, 0.05) is 11.1 Å². The fourth-order valence-electron chi connectivity index (χ4n) is 2.28. The molecule has 24 heavy (non-hydrogen) atoms. The van der Waals surface area contributed by atoms with E-state index in [2.05, 4.69) is 67.7 Å². The number of aromatic nitrogens is 1. The Bertz CT molecular complexity index is 762. The van der Waals surface area contributed by atoms with E-state index in [-0.39, 0.29) is 0 Å². The Kier molecular flexibility index (Phi) is 5.79. The summed E-state index contributed by atoms with van der Waals surface area (Å²) >= 11 is 2.26. The number of hydrogen-bond acceptors (Lipinski definition) is 4. The second-order valence-corrected chi connectivity index (χ2v) is 5.84. The fraction of sp³-hybridized carbons (Fsp3) is 0.0526. The van der Waals surface area contributed by atoms with Gasteiger partial charge in [0.05, 0.1) is 34.0 Å². The molecule has 5 heteroatoms.